The minimum absolute atomic E-state index is 0.336. The fourth-order valence-electron chi connectivity index (χ4n) is 1.57. The van der Waals surface area contributed by atoms with Crippen LogP contribution >= 0.6 is 11.6 Å². The molecule has 5 heteroatoms. The van der Waals surface area contributed by atoms with Crippen LogP contribution < -0.4 is 5.56 Å². The van der Waals surface area contributed by atoms with Gasteiger partial charge in [0.25, 0.3) is 5.56 Å². The molecule has 4 nitrogen and oxygen atoms in total. The predicted molar refractivity (Wildman–Crippen MR) is 60.9 cm³/mol. The number of benzene rings is 1. The van der Waals surface area contributed by atoms with E-state index in [1.165, 1.54) is 10.6 Å². The Labute approximate surface area is 95.7 Å². The molecule has 0 aliphatic rings. The number of rotatable bonds is 2. The monoisotopic (exact) mass is 237 g/mol. The van der Waals surface area contributed by atoms with Crippen molar-refractivity contribution in [3.05, 3.63) is 45.7 Å². The van der Waals surface area contributed by atoms with Gasteiger partial charge in [0.1, 0.15) is 6.54 Å². The molecule has 1 aromatic carbocycles. The van der Waals surface area contributed by atoms with Crippen LogP contribution in [0.15, 0.2) is 35.1 Å². The number of nitrogens with zero attached hydrogens (tertiary/aromatic N) is 1. The molecule has 0 fully saturated rings. The van der Waals surface area contributed by atoms with Crippen molar-refractivity contribution in [2.75, 3.05) is 0 Å². The molecular formula is C11H8ClNO3. The van der Waals surface area contributed by atoms with Gasteiger partial charge in [-0.3, -0.25) is 14.2 Å². The maximum atomic E-state index is 11.5. The Kier molecular flexibility index (Phi) is 2.66. The van der Waals surface area contributed by atoms with E-state index in [-0.39, 0.29) is 12.1 Å². The summed E-state index contributed by atoms with van der Waals surface area (Å²) in [6, 6.07) is 7.92. The van der Waals surface area contributed by atoms with Gasteiger partial charge < -0.3 is 5.11 Å². The van der Waals surface area contributed by atoms with Gasteiger partial charge in [0, 0.05) is 11.1 Å². The summed E-state index contributed by atoms with van der Waals surface area (Å²) in [6.45, 7) is -0.349. The number of pyridine rings is 1. The Morgan fingerprint density at radius 2 is 2.06 bits per heavy atom. The summed E-state index contributed by atoms with van der Waals surface area (Å²) in [5, 5.41) is 10.0. The van der Waals surface area contributed by atoms with Gasteiger partial charge in [-0.05, 0) is 29.7 Å². The fourth-order valence-corrected chi connectivity index (χ4v) is 1.75. The lowest BCUT2D eigenvalue weighted by Crippen LogP contribution is -2.23. The number of halogens is 1. The van der Waals surface area contributed by atoms with Crippen molar-refractivity contribution in [3.8, 4) is 0 Å². The summed E-state index contributed by atoms with van der Waals surface area (Å²) in [5.41, 5.74) is 0.233. The number of hydrogen-bond donors (Lipinski definition) is 1. The molecule has 2 aromatic rings. The quantitative estimate of drug-likeness (QED) is 0.866. The van der Waals surface area contributed by atoms with Crippen molar-refractivity contribution >= 4 is 28.5 Å². The first-order valence-corrected chi connectivity index (χ1v) is 4.96. The molecule has 0 saturated heterocycles. The van der Waals surface area contributed by atoms with Crippen LogP contribution in [-0.4, -0.2) is 15.6 Å². The summed E-state index contributed by atoms with van der Waals surface area (Å²) in [4.78, 5) is 22.2. The van der Waals surface area contributed by atoms with E-state index in [0.717, 1.165) is 5.39 Å². The summed E-state index contributed by atoms with van der Waals surface area (Å²) in [6.07, 6.45) is 0. The second-order valence-corrected chi connectivity index (χ2v) is 3.79. The number of fused-ring (bicyclic) bond motifs is 1. The van der Waals surface area contributed by atoms with Crippen LogP contribution in [0.3, 0.4) is 0 Å². The zero-order chi connectivity index (χ0) is 11.7. The van der Waals surface area contributed by atoms with Crippen molar-refractivity contribution in [1.29, 1.82) is 0 Å². The molecule has 0 bridgehead atoms. The molecular weight excluding hydrogens is 230 g/mol. The number of aromatic nitrogens is 1. The van der Waals surface area contributed by atoms with E-state index in [9.17, 15) is 9.59 Å². The van der Waals surface area contributed by atoms with E-state index >= 15 is 0 Å². The van der Waals surface area contributed by atoms with Crippen LogP contribution in [0.2, 0.25) is 5.02 Å². The van der Waals surface area contributed by atoms with E-state index in [1.54, 1.807) is 24.3 Å². The lowest BCUT2D eigenvalue weighted by atomic mass is 10.2. The van der Waals surface area contributed by atoms with Gasteiger partial charge in [0.05, 0.1) is 5.52 Å². The van der Waals surface area contributed by atoms with Crippen molar-refractivity contribution in [2.45, 2.75) is 6.54 Å². The van der Waals surface area contributed by atoms with Crippen molar-refractivity contribution in [2.24, 2.45) is 0 Å². The normalized spacial score (nSPS) is 10.6. The molecule has 1 N–H and O–H groups in total. The molecule has 0 aliphatic carbocycles. The number of aliphatic carboxylic acids is 1. The van der Waals surface area contributed by atoms with Crippen molar-refractivity contribution < 1.29 is 9.90 Å². The first-order chi connectivity index (χ1) is 7.58. The second kappa shape index (κ2) is 3.98. The molecule has 0 aliphatic heterocycles. The zero-order valence-electron chi connectivity index (χ0n) is 8.18. The summed E-state index contributed by atoms with van der Waals surface area (Å²) < 4.78 is 1.20. The standard InChI is InChI=1S/C11H8ClNO3/c12-8-2-3-9-7(5-8)1-4-10(14)13(9)6-11(15)16/h1-5H,6H2,(H,15,16). The zero-order valence-corrected chi connectivity index (χ0v) is 8.94. The minimum atomic E-state index is -1.05. The van der Waals surface area contributed by atoms with Gasteiger partial charge in [0.2, 0.25) is 0 Å². The molecule has 0 atom stereocenters. The summed E-state index contributed by atoms with van der Waals surface area (Å²) in [5.74, 6) is -1.05. The highest BCUT2D eigenvalue weighted by molar-refractivity contribution is 6.31. The first kappa shape index (κ1) is 10.7. The molecule has 2 rings (SSSR count). The van der Waals surface area contributed by atoms with Crippen LogP contribution in [0.5, 0.6) is 0 Å². The average Bonchev–Trinajstić information content (AvgIpc) is 2.22. The summed E-state index contributed by atoms with van der Waals surface area (Å²) in [7, 11) is 0. The average molecular weight is 238 g/mol. The van der Waals surface area contributed by atoms with E-state index in [2.05, 4.69) is 0 Å². The maximum absolute atomic E-state index is 11.5. The van der Waals surface area contributed by atoms with Crippen LogP contribution in [-0.2, 0) is 11.3 Å². The van der Waals surface area contributed by atoms with E-state index in [0.29, 0.717) is 10.5 Å². The van der Waals surface area contributed by atoms with Crippen LogP contribution in [0, 0.1) is 0 Å². The highest BCUT2D eigenvalue weighted by atomic mass is 35.5. The predicted octanol–water partition coefficient (Wildman–Crippen LogP) is 1.74. The minimum Gasteiger partial charge on any atom is -0.480 e. The molecule has 0 spiro atoms. The molecule has 0 saturated carbocycles. The van der Waals surface area contributed by atoms with Gasteiger partial charge in [-0.25, -0.2) is 0 Å². The fraction of sp³-hybridized carbons (Fsp3) is 0.0909. The molecule has 0 amide bonds. The summed E-state index contributed by atoms with van der Waals surface area (Å²) >= 11 is 5.81. The maximum Gasteiger partial charge on any atom is 0.323 e. The largest absolute Gasteiger partial charge is 0.480 e. The highest BCUT2D eigenvalue weighted by Gasteiger charge is 2.06. The molecule has 82 valence electrons. The Morgan fingerprint density at radius 1 is 1.31 bits per heavy atom. The van der Waals surface area contributed by atoms with E-state index in [1.807, 2.05) is 0 Å². The van der Waals surface area contributed by atoms with Gasteiger partial charge in [-0.1, -0.05) is 11.6 Å². The highest BCUT2D eigenvalue weighted by Crippen LogP contribution is 2.17. The topological polar surface area (TPSA) is 59.3 Å². The van der Waals surface area contributed by atoms with Gasteiger partial charge >= 0.3 is 5.97 Å². The molecule has 1 heterocycles. The lowest BCUT2D eigenvalue weighted by Gasteiger charge is -2.07. The third-order valence-electron chi connectivity index (χ3n) is 2.25. The van der Waals surface area contributed by atoms with Gasteiger partial charge in [-0.15, -0.1) is 0 Å². The SMILES string of the molecule is O=C(O)Cn1c(=O)ccc2cc(Cl)ccc21. The molecule has 0 unspecified atom stereocenters. The van der Waals surface area contributed by atoms with Crippen molar-refractivity contribution in [1.82, 2.24) is 4.57 Å². The van der Waals surface area contributed by atoms with Crippen LogP contribution in [0.25, 0.3) is 10.9 Å². The smallest absolute Gasteiger partial charge is 0.323 e. The lowest BCUT2D eigenvalue weighted by molar-refractivity contribution is -0.137. The number of hydrogen-bond acceptors (Lipinski definition) is 2. The van der Waals surface area contributed by atoms with Crippen LogP contribution in [0.4, 0.5) is 0 Å². The Morgan fingerprint density at radius 3 is 2.75 bits per heavy atom. The van der Waals surface area contributed by atoms with Gasteiger partial charge in [-0.2, -0.15) is 0 Å². The molecule has 1 aromatic heterocycles. The van der Waals surface area contributed by atoms with E-state index in [4.69, 9.17) is 16.7 Å². The first-order valence-electron chi connectivity index (χ1n) is 4.59. The number of carboxylic acid groups (broad SMARTS) is 1. The van der Waals surface area contributed by atoms with E-state index < -0.39 is 5.97 Å². The molecule has 16 heavy (non-hydrogen) atoms. The van der Waals surface area contributed by atoms with Crippen molar-refractivity contribution in [3.63, 3.8) is 0 Å². The Bertz CT molecular complexity index is 618. The third-order valence-corrected chi connectivity index (χ3v) is 2.48. The Balaban J connectivity index is 2.74. The Hall–Kier alpha value is -1.81. The van der Waals surface area contributed by atoms with Gasteiger partial charge in [0.15, 0.2) is 0 Å². The second-order valence-electron chi connectivity index (χ2n) is 3.35. The number of carbonyl (C=O) groups is 1. The number of carboxylic acids is 1. The van der Waals surface area contributed by atoms with Crippen LogP contribution in [0.1, 0.15) is 0 Å². The third kappa shape index (κ3) is 1.92. The molecule has 0 radical (unpaired) electrons.